The molecule has 6 unspecified atom stereocenters. The molecular formula is C106H86I2N6O9S2. The molecule has 4 fully saturated rings. The molecular weight excluding hydrogens is 1820 g/mol. The number of thioether (sulfide) groups is 1. The zero-order chi connectivity index (χ0) is 85.7. The number of nitrogens with zero attached hydrogens (tertiary/aromatic N) is 5. The summed E-state index contributed by atoms with van der Waals surface area (Å²) < 4.78 is 15.7. The number of anilines is 8. The number of allylic oxidation sites excluding steroid dienone is 6. The van der Waals surface area contributed by atoms with Crippen LogP contribution in [0.2, 0.25) is 0 Å². The van der Waals surface area contributed by atoms with E-state index in [4.69, 9.17) is 26.8 Å². The number of carbonyl (C=O) groups is 5. The van der Waals surface area contributed by atoms with Crippen LogP contribution in [0.25, 0.3) is 40.3 Å². The van der Waals surface area contributed by atoms with E-state index in [0.29, 0.717) is 96.8 Å². The number of aryl methyl sites for hydroxylation is 4. The average Bonchev–Trinajstić information content (AvgIpc) is 1.71. The number of ether oxygens (including phenoxy) is 2. The van der Waals surface area contributed by atoms with Crippen molar-refractivity contribution in [3.05, 3.63) is 366 Å². The normalized spacial score (nSPS) is 21.2. The molecule has 5 aliphatic carbocycles. The summed E-state index contributed by atoms with van der Waals surface area (Å²) >= 11 is 10.9. The molecule has 620 valence electrons. The maximum atomic E-state index is 13.5. The lowest BCUT2D eigenvalue weighted by atomic mass is 9.83. The predicted octanol–water partition coefficient (Wildman–Crippen LogP) is 24.8. The summed E-state index contributed by atoms with van der Waals surface area (Å²) in [6.07, 6.45) is 21.7. The molecule has 125 heavy (non-hydrogen) atoms. The van der Waals surface area contributed by atoms with Gasteiger partial charge in [-0.2, -0.15) is 0 Å². The number of carbonyl (C=O) groups excluding carboxylic acids is 4. The number of hydrogen-bond donors (Lipinski definition) is 2. The molecule has 1 aromatic heterocycles. The number of carboxylic acid groups (broad SMARTS) is 1. The van der Waals surface area contributed by atoms with Gasteiger partial charge in [0.25, 0.3) is 11.5 Å². The highest BCUT2D eigenvalue weighted by Crippen LogP contribution is 2.57. The van der Waals surface area contributed by atoms with Crippen molar-refractivity contribution >= 4 is 177 Å². The van der Waals surface area contributed by atoms with Crippen LogP contribution in [-0.2, 0) is 16.6 Å². The number of para-hydroxylation sites is 2. The first-order valence-corrected chi connectivity index (χ1v) is 46.1. The van der Waals surface area contributed by atoms with Crippen molar-refractivity contribution < 1.29 is 38.6 Å². The maximum absolute atomic E-state index is 13.5. The predicted molar refractivity (Wildman–Crippen MR) is 521 cm³/mol. The number of ketones is 3. The fraction of sp³-hybridized carbons (Fsp3) is 0.198. The number of fused-ring (bicyclic) bond motifs is 13. The summed E-state index contributed by atoms with van der Waals surface area (Å²) in [5.41, 5.74) is 27.3. The number of nitrogens with one attached hydrogen (secondary N) is 1. The number of carboxylic acids is 1. The molecule has 15 nitrogen and oxygen atoms in total. The van der Waals surface area contributed by atoms with Crippen molar-refractivity contribution in [2.24, 2.45) is 7.05 Å². The number of aliphatic carboxylic acids is 1. The summed E-state index contributed by atoms with van der Waals surface area (Å²) in [5, 5.41) is 13.3. The van der Waals surface area contributed by atoms with E-state index in [-0.39, 0.29) is 28.8 Å². The molecule has 12 aromatic rings. The molecule has 6 aliphatic heterocycles. The van der Waals surface area contributed by atoms with Gasteiger partial charge in [0.15, 0.2) is 17.3 Å². The van der Waals surface area contributed by atoms with Gasteiger partial charge >= 0.3 is 5.97 Å². The third-order valence-electron chi connectivity index (χ3n) is 26.1. The minimum atomic E-state index is -1.07. The quantitative estimate of drug-likeness (QED) is 0.0752. The van der Waals surface area contributed by atoms with E-state index in [9.17, 15) is 28.8 Å². The molecule has 2 N–H and O–H groups in total. The van der Waals surface area contributed by atoms with Crippen LogP contribution in [0.3, 0.4) is 0 Å². The molecule has 1 amide bonds. The van der Waals surface area contributed by atoms with Crippen LogP contribution in [0.5, 0.6) is 11.5 Å². The Morgan fingerprint density at radius 2 is 0.984 bits per heavy atom. The van der Waals surface area contributed by atoms with Gasteiger partial charge < -0.3 is 39.2 Å². The highest BCUT2D eigenvalue weighted by atomic mass is 127. The molecule has 3 saturated carbocycles. The lowest BCUT2D eigenvalue weighted by molar-refractivity contribution is -0.140. The standard InChI is InChI=1S/C28H24N2O3S2.C27H22INO2.C26H20INO2.C25H20N2O2/c31-25(32)16-29-27(33)26(35-28(29)34)19-11-9-17(14-19)13-18-10-12-24-22(15-18)21-7-4-8-23(21)30(24)20-5-2-1-3-6-20;1-16-5-9-19(10-6-16)29-23-4-2-3-20(23)21-13-17(7-11-24(21)29)14-26-27(30)22-15-18(28)8-12-25(22)31-26;27-17-10-12-24-21(15-17)26(29)25(30-24)14-16-9-11-23-20(13-16)19-7-4-8-22(19)28(23)18-5-2-1-3-6-18;1-14-10-15(2)12-16(11-14)26-20-8-9-21-23-19(13-22(28)27(21)3)17-6-4-5-7-18(17)25(29)24(20)23/h1-3,5-6,9-13,15,21,23H,4,7-8,14,16H2,(H,31,32);5-15,20,23H,2-4H2,1H3;1-3,5-6,9-15,19,22H,4,7-8H2;4-13,26H,1-3H3/b17-13+,26-19-;26-14-;25-14-;. The Labute approximate surface area is 762 Å². The summed E-state index contributed by atoms with van der Waals surface area (Å²) in [4.78, 5) is 84.8. The smallest absolute Gasteiger partial charge is 0.323 e. The highest BCUT2D eigenvalue weighted by Gasteiger charge is 2.46. The number of halogens is 2. The third kappa shape index (κ3) is 15.3. The monoisotopic (exact) mass is 1900 g/mol. The lowest BCUT2D eigenvalue weighted by Gasteiger charge is -2.27. The SMILES string of the molecule is Cc1cc(C)cc(Nc2ccc3c4c(cc(=O)n3C)-c3ccccc3C(=O)c24)c1.Cc1ccc(N2c3ccc(/C=C4\Oc5ccc(I)cc5C4=O)cc3C3CCCC32)cc1.O=C(O)CN1C(=O)/C(=C2C=C/C(=C\c3ccc4c(c3)C3CCCC3N4c3ccccc3)C\2)SC1=S.O=C1/C(=C/c2ccc3c(c2)C2CCCC2N3c2ccccc2)Oc2ccc(I)cc21. The Kier molecular flexibility index (Phi) is 21.8. The Morgan fingerprint density at radius 1 is 0.496 bits per heavy atom. The highest BCUT2D eigenvalue weighted by molar-refractivity contribution is 14.1. The molecule has 0 spiro atoms. The number of pyridine rings is 1. The molecule has 0 bridgehead atoms. The largest absolute Gasteiger partial charge is 0.480 e. The number of aromatic nitrogens is 1. The van der Waals surface area contributed by atoms with E-state index in [0.717, 1.165) is 78.8 Å². The Morgan fingerprint density at radius 3 is 1.50 bits per heavy atom. The van der Waals surface area contributed by atoms with Crippen LogP contribution in [0, 0.1) is 27.9 Å². The van der Waals surface area contributed by atoms with Crippen LogP contribution >= 0.6 is 69.2 Å². The summed E-state index contributed by atoms with van der Waals surface area (Å²) in [5.74, 6) is 2.32. The van der Waals surface area contributed by atoms with Crippen LogP contribution < -0.4 is 35.0 Å². The first-order valence-electron chi connectivity index (χ1n) is 42.7. The molecule has 7 heterocycles. The minimum absolute atomic E-state index is 0.0239. The number of thiocarbonyl (C=S) groups is 1. The van der Waals surface area contributed by atoms with Gasteiger partial charge in [-0.25, -0.2) is 0 Å². The first kappa shape index (κ1) is 81.3. The zero-order valence-electron chi connectivity index (χ0n) is 69.2. The molecule has 11 aromatic carbocycles. The van der Waals surface area contributed by atoms with Gasteiger partial charge in [0.2, 0.25) is 11.6 Å². The number of rotatable bonds is 10. The van der Waals surface area contributed by atoms with Crippen molar-refractivity contribution in [2.75, 3.05) is 26.6 Å². The van der Waals surface area contributed by atoms with Crippen LogP contribution in [-0.4, -0.2) is 72.8 Å². The van der Waals surface area contributed by atoms with Crippen LogP contribution in [0.15, 0.2) is 281 Å². The number of Topliss-reactive ketones (excluding diaryl/α,β-unsaturated/α-hetero) is 2. The van der Waals surface area contributed by atoms with Gasteiger partial charge in [0, 0.05) is 107 Å². The van der Waals surface area contributed by atoms with Crippen molar-refractivity contribution in [1.82, 2.24) is 9.47 Å². The van der Waals surface area contributed by atoms with E-state index in [2.05, 4.69) is 250 Å². The van der Waals surface area contributed by atoms with E-state index >= 15 is 0 Å². The fourth-order valence-corrected chi connectivity index (χ4v) is 22.9. The van der Waals surface area contributed by atoms with E-state index in [1.165, 1.54) is 131 Å². The van der Waals surface area contributed by atoms with Gasteiger partial charge in [-0.05, 0) is 323 Å². The second-order valence-electron chi connectivity index (χ2n) is 34.0. The first-order chi connectivity index (χ1) is 60.7. The zero-order valence-corrected chi connectivity index (χ0v) is 75.1. The van der Waals surface area contributed by atoms with Crippen molar-refractivity contribution in [2.45, 2.75) is 121 Å². The van der Waals surface area contributed by atoms with Gasteiger partial charge in [-0.1, -0.05) is 164 Å². The fourth-order valence-electron chi connectivity index (χ4n) is 20.7. The number of hydrogen-bond acceptors (Lipinski definition) is 14. The Bertz CT molecular complexity index is 6790. The van der Waals surface area contributed by atoms with Crippen molar-refractivity contribution in [1.29, 1.82) is 0 Å². The van der Waals surface area contributed by atoms with E-state index in [1.807, 2.05) is 97.1 Å². The van der Waals surface area contributed by atoms with Crippen molar-refractivity contribution in [3.8, 4) is 22.6 Å². The van der Waals surface area contributed by atoms with Gasteiger partial charge in [0.05, 0.1) is 32.8 Å². The average molecular weight is 1910 g/mol. The maximum Gasteiger partial charge on any atom is 0.323 e. The Hall–Kier alpha value is -12.0. The van der Waals surface area contributed by atoms with Gasteiger partial charge in [0.1, 0.15) is 22.4 Å². The van der Waals surface area contributed by atoms with Crippen molar-refractivity contribution in [3.63, 3.8) is 0 Å². The van der Waals surface area contributed by atoms with Crippen LogP contribution in [0.4, 0.5) is 45.5 Å². The third-order valence-corrected chi connectivity index (χ3v) is 28.9. The summed E-state index contributed by atoms with van der Waals surface area (Å²) in [6.45, 7) is 5.84. The molecule has 19 heteroatoms. The minimum Gasteiger partial charge on any atom is -0.480 e. The molecule has 23 rings (SSSR count). The molecule has 11 aliphatic rings. The summed E-state index contributed by atoms with van der Waals surface area (Å²) in [6, 6.07) is 82.4. The topological polar surface area (TPSA) is 171 Å². The van der Waals surface area contributed by atoms with E-state index in [1.54, 1.807) is 17.7 Å². The number of amides is 1. The second-order valence-corrected chi connectivity index (χ2v) is 38.1. The Balaban J connectivity index is 0.000000106. The molecule has 0 radical (unpaired) electrons. The van der Waals surface area contributed by atoms with E-state index < -0.39 is 12.5 Å². The molecule has 1 saturated heterocycles. The summed E-state index contributed by atoms with van der Waals surface area (Å²) in [7, 11) is 1.74. The second kappa shape index (κ2) is 33.5. The number of benzene rings is 11. The lowest BCUT2D eigenvalue weighted by Crippen LogP contribution is -2.33. The van der Waals surface area contributed by atoms with Gasteiger partial charge in [-0.15, -0.1) is 0 Å². The van der Waals surface area contributed by atoms with Crippen LogP contribution in [0.1, 0.15) is 169 Å². The van der Waals surface area contributed by atoms with Gasteiger partial charge in [-0.3, -0.25) is 33.7 Å². The molecule has 6 atom stereocenters.